The lowest BCUT2D eigenvalue weighted by molar-refractivity contribution is 0.0223. The van der Waals surface area contributed by atoms with Crippen molar-refractivity contribution in [3.8, 4) is 11.5 Å². The van der Waals surface area contributed by atoms with E-state index in [1.165, 1.54) is 22.3 Å². The Morgan fingerprint density at radius 2 is 1.42 bits per heavy atom. The van der Waals surface area contributed by atoms with Crippen molar-refractivity contribution in [1.82, 2.24) is 0 Å². The van der Waals surface area contributed by atoms with Crippen LogP contribution >= 0.6 is 0 Å². The minimum Gasteiger partial charge on any atom is -0.468 e. The molecule has 4 nitrogen and oxygen atoms in total. The summed E-state index contributed by atoms with van der Waals surface area (Å²) >= 11 is 0. The summed E-state index contributed by atoms with van der Waals surface area (Å²) in [6.07, 6.45) is 2.09. The van der Waals surface area contributed by atoms with Gasteiger partial charge in [-0.15, -0.1) is 0 Å². The lowest BCUT2D eigenvalue weighted by atomic mass is 9.72. The van der Waals surface area contributed by atoms with Crippen molar-refractivity contribution in [2.75, 3.05) is 20.0 Å². The fraction of sp³-hybridized carbons (Fsp3) is 0.556. The molecule has 1 spiro atoms. The van der Waals surface area contributed by atoms with Crippen LogP contribution in [0.4, 0.5) is 0 Å². The van der Waals surface area contributed by atoms with Crippen molar-refractivity contribution in [3.05, 3.63) is 58.7 Å². The molecule has 0 saturated carbocycles. The zero-order valence-electron chi connectivity index (χ0n) is 18.7. The van der Waals surface area contributed by atoms with Crippen LogP contribution in [0.5, 0.6) is 11.5 Å². The van der Waals surface area contributed by atoms with Gasteiger partial charge in [-0.1, -0.05) is 47.3 Å². The normalized spacial score (nSPS) is 26.2. The molecule has 1 aliphatic heterocycles. The van der Waals surface area contributed by atoms with E-state index in [1.807, 2.05) is 6.92 Å². The molecule has 1 heterocycles. The van der Waals surface area contributed by atoms with Gasteiger partial charge < -0.3 is 18.9 Å². The lowest BCUT2D eigenvalue weighted by Crippen LogP contribution is -2.27. The third-order valence-corrected chi connectivity index (χ3v) is 7.04. The van der Waals surface area contributed by atoms with Gasteiger partial charge in [0.25, 0.3) is 0 Å². The van der Waals surface area contributed by atoms with E-state index in [0.29, 0.717) is 13.2 Å². The molecule has 1 fully saturated rings. The van der Waals surface area contributed by atoms with Gasteiger partial charge in [0.15, 0.2) is 6.79 Å². The largest absolute Gasteiger partial charge is 0.468 e. The first-order valence-corrected chi connectivity index (χ1v) is 11.0. The third kappa shape index (κ3) is 3.64. The molecule has 2 unspecified atom stereocenters. The molecule has 0 amide bonds. The molecule has 0 bridgehead atoms. The Labute approximate surface area is 186 Å². The highest BCUT2D eigenvalue weighted by Crippen LogP contribution is 2.63. The average Bonchev–Trinajstić information content (AvgIpc) is 3.43. The Morgan fingerprint density at radius 3 is 1.97 bits per heavy atom. The number of epoxide rings is 1. The maximum absolute atomic E-state index is 5.99. The van der Waals surface area contributed by atoms with Crippen LogP contribution in [0.2, 0.25) is 0 Å². The number of benzene rings is 2. The number of rotatable bonds is 6. The molecule has 2 atom stereocenters. The van der Waals surface area contributed by atoms with Crippen LogP contribution in [-0.2, 0) is 25.7 Å². The van der Waals surface area contributed by atoms with E-state index in [1.54, 1.807) is 0 Å². The van der Waals surface area contributed by atoms with E-state index < -0.39 is 0 Å². The number of ether oxygens (including phenoxy) is 4. The standard InChI is InChI=1S/C26H32O4.CH4/c1-6-27-16-29-17-7-9-19-21(11-17)26(14-24(19,2)3)15-25(4,5)20-10-8-18(12-22(20)26)30-23-13-28-23;/h7-12,23H,6,13-16H2,1-5H3;1H4. The van der Waals surface area contributed by atoms with E-state index in [2.05, 4.69) is 64.1 Å². The molecule has 2 aromatic rings. The summed E-state index contributed by atoms with van der Waals surface area (Å²) in [7, 11) is 0. The summed E-state index contributed by atoms with van der Waals surface area (Å²) in [4.78, 5) is 0. The van der Waals surface area contributed by atoms with Crippen molar-refractivity contribution in [1.29, 1.82) is 0 Å². The summed E-state index contributed by atoms with van der Waals surface area (Å²) in [5, 5.41) is 0. The van der Waals surface area contributed by atoms with Gasteiger partial charge in [0.05, 0.1) is 0 Å². The van der Waals surface area contributed by atoms with Gasteiger partial charge in [-0.05, 0) is 77.1 Å². The first-order valence-electron chi connectivity index (χ1n) is 11.0. The first kappa shape index (κ1) is 22.2. The molecule has 2 aliphatic carbocycles. The molecule has 168 valence electrons. The molecule has 4 heteroatoms. The Balaban J connectivity index is 0.00000231. The molecule has 0 radical (unpaired) electrons. The molecule has 31 heavy (non-hydrogen) atoms. The van der Waals surface area contributed by atoms with Crippen LogP contribution in [0, 0.1) is 0 Å². The van der Waals surface area contributed by atoms with Crippen LogP contribution in [-0.4, -0.2) is 26.3 Å². The summed E-state index contributed by atoms with van der Waals surface area (Å²) in [6.45, 7) is 13.1. The van der Waals surface area contributed by atoms with Crippen molar-refractivity contribution >= 4 is 0 Å². The second kappa shape index (κ2) is 7.53. The van der Waals surface area contributed by atoms with E-state index in [4.69, 9.17) is 18.9 Å². The molecule has 2 aromatic carbocycles. The van der Waals surface area contributed by atoms with E-state index in [-0.39, 0.29) is 36.8 Å². The number of hydrogen-bond acceptors (Lipinski definition) is 4. The van der Waals surface area contributed by atoms with Crippen LogP contribution in [0.3, 0.4) is 0 Å². The maximum Gasteiger partial charge on any atom is 0.223 e. The van der Waals surface area contributed by atoms with Gasteiger partial charge in [0, 0.05) is 12.0 Å². The second-order valence-corrected chi connectivity index (χ2v) is 10.3. The maximum atomic E-state index is 5.99. The quantitative estimate of drug-likeness (QED) is 0.320. The smallest absolute Gasteiger partial charge is 0.223 e. The number of hydrogen-bond donors (Lipinski definition) is 0. The molecule has 1 saturated heterocycles. The van der Waals surface area contributed by atoms with Crippen molar-refractivity contribution < 1.29 is 18.9 Å². The Kier molecular flexibility index (Phi) is 5.38. The molecule has 5 rings (SSSR count). The Morgan fingerprint density at radius 1 is 0.871 bits per heavy atom. The second-order valence-electron chi connectivity index (χ2n) is 10.3. The summed E-state index contributed by atoms with van der Waals surface area (Å²) in [5.41, 5.74) is 5.81. The highest BCUT2D eigenvalue weighted by Gasteiger charge is 2.56. The summed E-state index contributed by atoms with van der Waals surface area (Å²) in [5.74, 6) is 1.78. The lowest BCUT2D eigenvalue weighted by Gasteiger charge is -2.30. The van der Waals surface area contributed by atoms with E-state index >= 15 is 0 Å². The van der Waals surface area contributed by atoms with Gasteiger partial charge in [0.2, 0.25) is 6.29 Å². The van der Waals surface area contributed by atoms with E-state index in [9.17, 15) is 0 Å². The van der Waals surface area contributed by atoms with Crippen LogP contribution in [0.1, 0.15) is 77.1 Å². The minimum atomic E-state index is -0.0840. The third-order valence-electron chi connectivity index (χ3n) is 7.04. The topological polar surface area (TPSA) is 40.2 Å². The zero-order chi connectivity index (χ0) is 21.1. The van der Waals surface area contributed by atoms with Crippen LogP contribution in [0.15, 0.2) is 36.4 Å². The predicted molar refractivity (Wildman–Crippen MR) is 123 cm³/mol. The fourth-order valence-corrected chi connectivity index (χ4v) is 5.92. The zero-order valence-corrected chi connectivity index (χ0v) is 18.7. The minimum absolute atomic E-state index is 0. The summed E-state index contributed by atoms with van der Waals surface area (Å²) in [6, 6.07) is 13.2. The molecular formula is C27H36O4. The molecular weight excluding hydrogens is 388 g/mol. The number of fused-ring (bicyclic) bond motifs is 4. The first-order chi connectivity index (χ1) is 14.2. The Bertz CT molecular complexity index is 969. The highest BCUT2D eigenvalue weighted by atomic mass is 16.8. The van der Waals surface area contributed by atoms with Gasteiger partial charge >= 0.3 is 0 Å². The average molecular weight is 425 g/mol. The SMILES string of the molecule is C.CCOCOc1ccc2c(c1)C1(CC2(C)C)CC(C)(C)c2ccc(OC3CO3)cc21. The summed E-state index contributed by atoms with van der Waals surface area (Å²) < 4.78 is 22.6. The van der Waals surface area contributed by atoms with Crippen molar-refractivity contribution in [2.24, 2.45) is 0 Å². The van der Waals surface area contributed by atoms with Gasteiger partial charge in [-0.3, -0.25) is 0 Å². The van der Waals surface area contributed by atoms with Crippen molar-refractivity contribution in [3.63, 3.8) is 0 Å². The predicted octanol–water partition coefficient (Wildman–Crippen LogP) is 6.08. The van der Waals surface area contributed by atoms with Gasteiger partial charge in [-0.25, -0.2) is 0 Å². The molecule has 0 N–H and O–H groups in total. The monoisotopic (exact) mass is 424 g/mol. The highest BCUT2D eigenvalue weighted by molar-refractivity contribution is 5.61. The van der Waals surface area contributed by atoms with Crippen LogP contribution < -0.4 is 9.47 Å². The van der Waals surface area contributed by atoms with Crippen LogP contribution in [0.25, 0.3) is 0 Å². The fourth-order valence-electron chi connectivity index (χ4n) is 5.92. The van der Waals surface area contributed by atoms with Crippen molar-refractivity contribution in [2.45, 2.75) is 77.4 Å². The molecule has 0 aromatic heterocycles. The Hall–Kier alpha value is -2.04. The van der Waals surface area contributed by atoms with Gasteiger partial charge in [-0.2, -0.15) is 0 Å². The van der Waals surface area contributed by atoms with E-state index in [0.717, 1.165) is 24.3 Å². The van der Waals surface area contributed by atoms with Gasteiger partial charge in [0.1, 0.15) is 18.1 Å². The molecule has 3 aliphatic rings.